The molecule has 0 aliphatic carbocycles. The summed E-state index contributed by atoms with van der Waals surface area (Å²) in [6.45, 7) is 3.78. The summed E-state index contributed by atoms with van der Waals surface area (Å²) in [5.74, 6) is -0.909. The lowest BCUT2D eigenvalue weighted by Gasteiger charge is -2.30. The molecule has 0 radical (unpaired) electrons. The van der Waals surface area contributed by atoms with Crippen molar-refractivity contribution in [2.24, 2.45) is 5.92 Å². The maximum Gasteiger partial charge on any atom is 0.318 e. The number of benzene rings is 1. The minimum Gasteiger partial charge on any atom is -0.507 e. The quantitative estimate of drug-likeness (QED) is 0.508. The average Bonchev–Trinajstić information content (AvgIpc) is 2.73. The Morgan fingerprint density at radius 1 is 1.33 bits per heavy atom. The van der Waals surface area contributed by atoms with E-state index in [0.717, 1.165) is 37.1 Å². The van der Waals surface area contributed by atoms with Gasteiger partial charge >= 0.3 is 5.97 Å². The molecule has 1 fully saturated rings. The lowest BCUT2D eigenvalue weighted by molar-refractivity contribution is -0.151. The number of hydrogen-bond acceptors (Lipinski definition) is 6. The van der Waals surface area contributed by atoms with Crippen LogP contribution in [0, 0.1) is 5.92 Å². The van der Waals surface area contributed by atoms with Crippen molar-refractivity contribution < 1.29 is 19.4 Å². The maximum absolute atomic E-state index is 12.6. The van der Waals surface area contributed by atoms with Gasteiger partial charge in [-0.15, -0.1) is 12.4 Å². The number of carbonyl (C=O) groups is 2. The smallest absolute Gasteiger partial charge is 0.318 e. The molecule has 0 saturated carbocycles. The van der Waals surface area contributed by atoms with Crippen LogP contribution in [0.1, 0.15) is 36.8 Å². The van der Waals surface area contributed by atoms with E-state index in [9.17, 15) is 14.7 Å². The first-order valence-electron chi connectivity index (χ1n) is 10.1. The van der Waals surface area contributed by atoms with E-state index >= 15 is 0 Å². The van der Waals surface area contributed by atoms with Crippen LogP contribution in [0.15, 0.2) is 30.3 Å². The molecule has 1 aromatic heterocycles. The van der Waals surface area contributed by atoms with E-state index in [0.29, 0.717) is 17.1 Å². The molecule has 2 aliphatic heterocycles. The van der Waals surface area contributed by atoms with Crippen LogP contribution in [0.25, 0.3) is 11.3 Å². The number of halogens is 1. The standard InChI is InChI=1S/C22H25N3O4.ClH/c1-2-29-22(28)17-10-16-15(13-6-5-9-23-12-13)11-18(24-20(16)25-21(17)27)14-7-3-4-8-19(14)26;/h3-4,7-8,11,13,17,23,26H,2,5-6,9-10,12H2,1H3,(H,24,25,27);1H. The number of phenols is 1. The highest BCUT2D eigenvalue weighted by Gasteiger charge is 2.36. The number of fused-ring (bicyclic) bond motifs is 1. The van der Waals surface area contributed by atoms with Gasteiger partial charge in [-0.3, -0.25) is 9.59 Å². The number of pyridine rings is 1. The monoisotopic (exact) mass is 431 g/mol. The van der Waals surface area contributed by atoms with Crippen LogP contribution >= 0.6 is 12.4 Å². The summed E-state index contributed by atoms with van der Waals surface area (Å²) in [6.07, 6.45) is 2.35. The van der Waals surface area contributed by atoms with Crippen LogP contribution in [-0.4, -0.2) is 41.7 Å². The highest BCUT2D eigenvalue weighted by molar-refractivity contribution is 6.07. The molecule has 2 aliphatic rings. The number of esters is 1. The van der Waals surface area contributed by atoms with Crippen molar-refractivity contribution in [3.8, 4) is 17.0 Å². The number of rotatable bonds is 4. The van der Waals surface area contributed by atoms with Gasteiger partial charge in [0.1, 0.15) is 17.5 Å². The van der Waals surface area contributed by atoms with E-state index in [1.165, 1.54) is 0 Å². The van der Waals surface area contributed by atoms with Gasteiger partial charge in [-0.2, -0.15) is 0 Å². The lowest BCUT2D eigenvalue weighted by atomic mass is 9.83. The number of aromatic hydroxyl groups is 1. The van der Waals surface area contributed by atoms with Crippen LogP contribution in [0.4, 0.5) is 5.82 Å². The summed E-state index contributed by atoms with van der Waals surface area (Å²) in [7, 11) is 0. The summed E-state index contributed by atoms with van der Waals surface area (Å²) in [5.41, 5.74) is 3.17. The van der Waals surface area contributed by atoms with Crippen LogP contribution in [0.3, 0.4) is 0 Å². The highest BCUT2D eigenvalue weighted by atomic mass is 35.5. The molecule has 3 N–H and O–H groups in total. The SMILES string of the molecule is CCOC(=O)C1Cc2c(C3CCCNC3)cc(-c3ccccc3O)nc2NC1=O.Cl. The number of amides is 1. The zero-order valence-electron chi connectivity index (χ0n) is 16.8. The minimum absolute atomic E-state index is 0. The van der Waals surface area contributed by atoms with Gasteiger partial charge in [0.2, 0.25) is 5.91 Å². The van der Waals surface area contributed by atoms with Crippen molar-refractivity contribution in [2.75, 3.05) is 25.0 Å². The summed E-state index contributed by atoms with van der Waals surface area (Å²) >= 11 is 0. The highest BCUT2D eigenvalue weighted by Crippen LogP contribution is 2.38. The average molecular weight is 432 g/mol. The zero-order chi connectivity index (χ0) is 20.4. The number of nitrogens with zero attached hydrogens (tertiary/aromatic N) is 1. The lowest BCUT2D eigenvalue weighted by Crippen LogP contribution is -2.38. The number of anilines is 1. The molecule has 1 amide bonds. The molecule has 1 aromatic carbocycles. The number of piperidine rings is 1. The third-order valence-electron chi connectivity index (χ3n) is 5.61. The normalized spacial score (nSPS) is 20.5. The van der Waals surface area contributed by atoms with E-state index in [-0.39, 0.29) is 37.1 Å². The van der Waals surface area contributed by atoms with Gasteiger partial charge in [0, 0.05) is 12.1 Å². The van der Waals surface area contributed by atoms with Gasteiger partial charge in [-0.05, 0) is 68.0 Å². The van der Waals surface area contributed by atoms with Gasteiger partial charge < -0.3 is 20.5 Å². The number of phenolic OH excluding ortho intramolecular Hbond substituents is 1. The van der Waals surface area contributed by atoms with Crippen LogP contribution < -0.4 is 10.6 Å². The fourth-order valence-corrected chi connectivity index (χ4v) is 4.15. The van der Waals surface area contributed by atoms with Crippen molar-refractivity contribution in [1.29, 1.82) is 0 Å². The molecule has 3 heterocycles. The Bertz CT molecular complexity index is 944. The number of hydrogen-bond donors (Lipinski definition) is 3. The van der Waals surface area contributed by atoms with Crippen molar-refractivity contribution in [3.05, 3.63) is 41.5 Å². The first-order chi connectivity index (χ1) is 14.1. The van der Waals surface area contributed by atoms with Crippen molar-refractivity contribution >= 4 is 30.1 Å². The second-order valence-electron chi connectivity index (χ2n) is 7.48. The second kappa shape index (κ2) is 9.45. The number of aromatic nitrogens is 1. The van der Waals surface area contributed by atoms with Gasteiger partial charge in [-0.25, -0.2) is 4.98 Å². The Hall–Kier alpha value is -2.64. The number of ether oxygens (including phenoxy) is 1. The molecular formula is C22H26ClN3O4. The first-order valence-corrected chi connectivity index (χ1v) is 10.1. The van der Waals surface area contributed by atoms with Gasteiger partial charge in [-0.1, -0.05) is 12.1 Å². The molecule has 0 bridgehead atoms. The van der Waals surface area contributed by atoms with Crippen LogP contribution in [0.5, 0.6) is 5.75 Å². The molecule has 0 spiro atoms. The number of nitrogens with one attached hydrogen (secondary N) is 2. The Morgan fingerprint density at radius 3 is 2.83 bits per heavy atom. The summed E-state index contributed by atoms with van der Waals surface area (Å²) < 4.78 is 5.10. The van der Waals surface area contributed by atoms with Crippen molar-refractivity contribution in [1.82, 2.24) is 10.3 Å². The molecule has 2 aromatic rings. The Morgan fingerprint density at radius 2 is 2.13 bits per heavy atom. The molecular weight excluding hydrogens is 406 g/mol. The maximum atomic E-state index is 12.6. The summed E-state index contributed by atoms with van der Waals surface area (Å²) in [6, 6.07) is 9.01. The Labute approximate surface area is 181 Å². The third-order valence-corrected chi connectivity index (χ3v) is 5.61. The van der Waals surface area contributed by atoms with Gasteiger partial charge in [0.25, 0.3) is 0 Å². The van der Waals surface area contributed by atoms with E-state index in [4.69, 9.17) is 4.74 Å². The number of para-hydroxylation sites is 1. The Balaban J connectivity index is 0.00000256. The minimum atomic E-state index is -0.865. The molecule has 30 heavy (non-hydrogen) atoms. The molecule has 1 saturated heterocycles. The predicted molar refractivity (Wildman–Crippen MR) is 116 cm³/mol. The fraction of sp³-hybridized carbons (Fsp3) is 0.409. The topological polar surface area (TPSA) is 101 Å². The third kappa shape index (κ3) is 4.27. The molecule has 7 nitrogen and oxygen atoms in total. The first kappa shape index (κ1) is 22.1. The van der Waals surface area contributed by atoms with Crippen LogP contribution in [-0.2, 0) is 20.7 Å². The summed E-state index contributed by atoms with van der Waals surface area (Å²) in [5, 5.41) is 16.5. The predicted octanol–water partition coefficient (Wildman–Crippen LogP) is 3.02. The molecule has 2 atom stereocenters. The number of carbonyl (C=O) groups excluding carboxylic acids is 2. The van der Waals surface area contributed by atoms with Crippen LogP contribution in [0.2, 0.25) is 0 Å². The van der Waals surface area contributed by atoms with E-state index < -0.39 is 17.8 Å². The van der Waals surface area contributed by atoms with Gasteiger partial charge in [0.15, 0.2) is 0 Å². The largest absolute Gasteiger partial charge is 0.507 e. The molecule has 160 valence electrons. The van der Waals surface area contributed by atoms with Crippen molar-refractivity contribution in [3.63, 3.8) is 0 Å². The van der Waals surface area contributed by atoms with E-state index in [1.54, 1.807) is 25.1 Å². The van der Waals surface area contributed by atoms with E-state index in [2.05, 4.69) is 15.6 Å². The second-order valence-corrected chi connectivity index (χ2v) is 7.48. The summed E-state index contributed by atoms with van der Waals surface area (Å²) in [4.78, 5) is 29.5. The molecule has 4 rings (SSSR count). The zero-order valence-corrected chi connectivity index (χ0v) is 17.6. The Kier molecular flexibility index (Phi) is 6.95. The fourth-order valence-electron chi connectivity index (χ4n) is 4.15. The van der Waals surface area contributed by atoms with Gasteiger partial charge in [0.05, 0.1) is 12.3 Å². The molecule has 2 unspecified atom stereocenters. The molecule has 8 heteroatoms. The van der Waals surface area contributed by atoms with E-state index in [1.807, 2.05) is 12.1 Å². The van der Waals surface area contributed by atoms with Crippen molar-refractivity contribution in [2.45, 2.75) is 32.1 Å².